The van der Waals surface area contributed by atoms with E-state index in [-0.39, 0.29) is 17.8 Å². The molecule has 1 heterocycles. The van der Waals surface area contributed by atoms with E-state index < -0.39 is 18.0 Å². The smallest absolute Gasteiger partial charge is 0.328 e. The van der Waals surface area contributed by atoms with Crippen molar-refractivity contribution in [3.05, 3.63) is 71.4 Å². The van der Waals surface area contributed by atoms with Gasteiger partial charge in [0.2, 0.25) is 0 Å². The monoisotopic (exact) mass is 467 g/mol. The topological polar surface area (TPSA) is 169 Å². The average Bonchev–Trinajstić information content (AvgIpc) is 3.20. The first-order chi connectivity index (χ1) is 16.2. The number of carboxylic acids is 2. The molecule has 0 saturated carbocycles. The van der Waals surface area contributed by atoms with E-state index in [1.165, 1.54) is 10.9 Å². The van der Waals surface area contributed by atoms with Crippen molar-refractivity contribution in [2.45, 2.75) is 44.4 Å². The van der Waals surface area contributed by atoms with E-state index in [4.69, 9.17) is 15.9 Å². The standard InChI is InChI=1S/C21H25N3O2.C4H4O4/c1-12(10-13-11-23-17-5-3-2-4-14(13)17)24-18-8-6-15-16(21(18)26)7-9-19(25)20(15)22;5-3(6)1-2-4(7)8/h2-5,7,9,11-12,18,21,23-26H,6,8,10,22H2,1H3;1-2H,(H,5,6)(H,7,8)/b;2-1+. The number of carboxylic acid groups (broad SMARTS) is 2. The fraction of sp³-hybridized carbons (Fsp3) is 0.280. The van der Waals surface area contributed by atoms with Crippen LogP contribution in [0.4, 0.5) is 5.69 Å². The maximum atomic E-state index is 10.8. The lowest BCUT2D eigenvalue weighted by molar-refractivity contribution is -0.134. The number of nitrogen functional groups attached to an aromatic ring is 1. The fourth-order valence-corrected chi connectivity index (χ4v) is 4.27. The molecule has 34 heavy (non-hydrogen) atoms. The number of fused-ring (bicyclic) bond motifs is 2. The first-order valence-electron chi connectivity index (χ1n) is 10.9. The van der Waals surface area contributed by atoms with Gasteiger partial charge in [-0.15, -0.1) is 0 Å². The molecule has 9 heteroatoms. The van der Waals surface area contributed by atoms with Crippen LogP contribution in [-0.2, 0) is 22.4 Å². The maximum absolute atomic E-state index is 10.8. The van der Waals surface area contributed by atoms with E-state index in [1.807, 2.05) is 6.07 Å². The van der Waals surface area contributed by atoms with Crippen LogP contribution in [0.3, 0.4) is 0 Å². The predicted molar refractivity (Wildman–Crippen MR) is 129 cm³/mol. The number of nitrogens with two attached hydrogens (primary N) is 1. The maximum Gasteiger partial charge on any atom is 0.328 e. The highest BCUT2D eigenvalue weighted by molar-refractivity contribution is 5.89. The lowest BCUT2D eigenvalue weighted by Gasteiger charge is -2.33. The Kier molecular flexibility index (Phi) is 7.93. The number of rotatable bonds is 6. The lowest BCUT2D eigenvalue weighted by Crippen LogP contribution is -2.44. The number of aromatic nitrogens is 1. The number of aliphatic carboxylic acids is 2. The van der Waals surface area contributed by atoms with Gasteiger partial charge in [0.25, 0.3) is 0 Å². The van der Waals surface area contributed by atoms with Crippen LogP contribution in [0.2, 0.25) is 0 Å². The second kappa shape index (κ2) is 10.9. The third-order valence-corrected chi connectivity index (χ3v) is 5.84. The molecule has 3 unspecified atom stereocenters. The molecule has 0 saturated heterocycles. The number of hydrogen-bond acceptors (Lipinski definition) is 6. The zero-order valence-corrected chi connectivity index (χ0v) is 18.7. The van der Waals surface area contributed by atoms with Crippen LogP contribution in [0.25, 0.3) is 10.9 Å². The van der Waals surface area contributed by atoms with E-state index in [0.717, 1.165) is 35.9 Å². The van der Waals surface area contributed by atoms with Gasteiger partial charge in [-0.3, -0.25) is 0 Å². The highest BCUT2D eigenvalue weighted by Gasteiger charge is 2.30. The first-order valence-corrected chi connectivity index (χ1v) is 10.9. The molecule has 8 N–H and O–H groups in total. The number of carbonyl (C=O) groups is 2. The predicted octanol–water partition coefficient (Wildman–Crippen LogP) is 2.74. The second-order valence-electron chi connectivity index (χ2n) is 8.30. The van der Waals surface area contributed by atoms with Gasteiger partial charge in [-0.05, 0) is 55.0 Å². The number of aromatic hydroxyl groups is 1. The molecule has 0 amide bonds. The van der Waals surface area contributed by atoms with Crippen LogP contribution >= 0.6 is 0 Å². The summed E-state index contributed by atoms with van der Waals surface area (Å²) in [6.07, 6.45) is 5.00. The van der Waals surface area contributed by atoms with Gasteiger partial charge in [0, 0.05) is 41.3 Å². The van der Waals surface area contributed by atoms with Crippen molar-refractivity contribution in [3.63, 3.8) is 0 Å². The number of anilines is 1. The molecule has 1 aromatic heterocycles. The summed E-state index contributed by atoms with van der Waals surface area (Å²) in [4.78, 5) is 22.4. The van der Waals surface area contributed by atoms with Gasteiger partial charge < -0.3 is 36.5 Å². The number of benzene rings is 2. The van der Waals surface area contributed by atoms with Crippen molar-refractivity contribution in [2.75, 3.05) is 5.73 Å². The van der Waals surface area contributed by atoms with Gasteiger partial charge in [-0.25, -0.2) is 9.59 Å². The third kappa shape index (κ3) is 5.94. The van der Waals surface area contributed by atoms with Crippen molar-refractivity contribution >= 4 is 28.5 Å². The van der Waals surface area contributed by atoms with Gasteiger partial charge in [-0.1, -0.05) is 24.3 Å². The number of hydrogen-bond donors (Lipinski definition) is 7. The lowest BCUT2D eigenvalue weighted by atomic mass is 9.84. The van der Waals surface area contributed by atoms with E-state index in [9.17, 15) is 19.8 Å². The molecule has 2 aromatic carbocycles. The van der Waals surface area contributed by atoms with Gasteiger partial charge in [0.05, 0.1) is 11.8 Å². The van der Waals surface area contributed by atoms with Gasteiger partial charge in [0.1, 0.15) is 5.75 Å². The molecule has 3 aromatic rings. The molecular weight excluding hydrogens is 438 g/mol. The zero-order valence-electron chi connectivity index (χ0n) is 18.7. The van der Waals surface area contributed by atoms with Crippen LogP contribution in [0.15, 0.2) is 54.7 Å². The summed E-state index contributed by atoms with van der Waals surface area (Å²) in [5, 5.41) is 41.0. The van der Waals surface area contributed by atoms with Crippen molar-refractivity contribution in [3.8, 4) is 5.75 Å². The van der Waals surface area contributed by atoms with Crippen LogP contribution in [0.1, 0.15) is 36.1 Å². The molecular formula is C25H29N3O6. The van der Waals surface area contributed by atoms with Crippen molar-refractivity contribution in [1.29, 1.82) is 0 Å². The second-order valence-corrected chi connectivity index (χ2v) is 8.30. The molecule has 4 rings (SSSR count). The minimum atomic E-state index is -1.26. The normalized spacial score (nSPS) is 18.2. The van der Waals surface area contributed by atoms with Crippen LogP contribution < -0.4 is 11.1 Å². The molecule has 0 aliphatic heterocycles. The van der Waals surface area contributed by atoms with E-state index >= 15 is 0 Å². The third-order valence-electron chi connectivity index (χ3n) is 5.84. The number of aliphatic hydroxyl groups excluding tert-OH is 1. The van der Waals surface area contributed by atoms with Crippen molar-refractivity contribution in [2.24, 2.45) is 0 Å². The minimum absolute atomic E-state index is 0.0216. The van der Waals surface area contributed by atoms with E-state index in [2.05, 4.69) is 41.6 Å². The number of aromatic amines is 1. The quantitative estimate of drug-likeness (QED) is 0.165. The Balaban J connectivity index is 0.000000350. The minimum Gasteiger partial charge on any atom is -0.506 e. The molecule has 0 spiro atoms. The van der Waals surface area contributed by atoms with Crippen LogP contribution in [0, 0.1) is 0 Å². The summed E-state index contributed by atoms with van der Waals surface area (Å²) >= 11 is 0. The Hall–Kier alpha value is -3.82. The van der Waals surface area contributed by atoms with E-state index in [0.29, 0.717) is 17.8 Å². The largest absolute Gasteiger partial charge is 0.506 e. The van der Waals surface area contributed by atoms with Crippen LogP contribution in [-0.4, -0.2) is 49.4 Å². The fourth-order valence-electron chi connectivity index (χ4n) is 4.27. The average molecular weight is 468 g/mol. The number of nitrogens with one attached hydrogen (secondary N) is 2. The summed E-state index contributed by atoms with van der Waals surface area (Å²) < 4.78 is 0. The number of phenols is 1. The van der Waals surface area contributed by atoms with Gasteiger partial charge in [0.15, 0.2) is 0 Å². The van der Waals surface area contributed by atoms with Gasteiger partial charge in [-0.2, -0.15) is 0 Å². The van der Waals surface area contributed by atoms with E-state index in [1.54, 1.807) is 12.1 Å². The Bertz CT molecular complexity index is 1190. The SMILES string of the molecule is CC(Cc1c[nH]c2ccccc12)NC1CCc2c(ccc(O)c2N)C1O.O=C(O)/C=C/C(=O)O. The van der Waals surface area contributed by atoms with Crippen molar-refractivity contribution in [1.82, 2.24) is 10.3 Å². The Morgan fingerprint density at radius 3 is 2.53 bits per heavy atom. The summed E-state index contributed by atoms with van der Waals surface area (Å²) in [6.45, 7) is 2.15. The number of aliphatic hydroxyl groups is 1. The molecule has 0 bridgehead atoms. The molecule has 0 radical (unpaired) electrons. The Morgan fingerprint density at radius 2 is 1.85 bits per heavy atom. The zero-order chi connectivity index (χ0) is 24.8. The summed E-state index contributed by atoms with van der Waals surface area (Å²) in [5.41, 5.74) is 10.5. The highest BCUT2D eigenvalue weighted by Crippen LogP contribution is 2.37. The summed E-state index contributed by atoms with van der Waals surface area (Å²) in [6, 6.07) is 11.9. The Labute approximate surface area is 196 Å². The van der Waals surface area contributed by atoms with Crippen molar-refractivity contribution < 1.29 is 30.0 Å². The summed E-state index contributed by atoms with van der Waals surface area (Å²) in [7, 11) is 0. The molecule has 3 atom stereocenters. The molecule has 9 nitrogen and oxygen atoms in total. The number of para-hydroxylation sites is 1. The first kappa shape index (κ1) is 24.8. The molecule has 0 fully saturated rings. The number of H-pyrrole nitrogens is 1. The Morgan fingerprint density at radius 1 is 1.18 bits per heavy atom. The highest BCUT2D eigenvalue weighted by atomic mass is 16.4. The molecule has 180 valence electrons. The van der Waals surface area contributed by atoms with Crippen LogP contribution in [0.5, 0.6) is 5.75 Å². The van der Waals surface area contributed by atoms with Gasteiger partial charge >= 0.3 is 11.9 Å². The molecule has 1 aliphatic rings. The molecule has 1 aliphatic carbocycles. The summed E-state index contributed by atoms with van der Waals surface area (Å²) in [5.74, 6) is -2.42. The number of phenolic OH excluding ortho intramolecular Hbond substituents is 1.